The van der Waals surface area contributed by atoms with Crippen LogP contribution in [0.15, 0.2) is 18.2 Å². The second-order valence-electron chi connectivity index (χ2n) is 3.44. The third-order valence-corrected chi connectivity index (χ3v) is 2.80. The number of fused-ring (bicyclic) bond motifs is 1. The van der Waals surface area contributed by atoms with Crippen molar-refractivity contribution in [2.45, 2.75) is 12.6 Å². The Hall–Kier alpha value is -1.03. The highest BCUT2D eigenvalue weighted by Crippen LogP contribution is 2.40. The quantitative estimate of drug-likeness (QED) is 0.673. The fourth-order valence-corrected chi connectivity index (χ4v) is 2.05. The summed E-state index contributed by atoms with van der Waals surface area (Å²) in [5.74, 6) is -2.84. The molecule has 15 heavy (non-hydrogen) atoms. The minimum absolute atomic E-state index is 0.0292. The summed E-state index contributed by atoms with van der Waals surface area (Å²) in [6.07, 6.45) is -4.78. The van der Waals surface area contributed by atoms with Crippen molar-refractivity contribution in [3.05, 3.63) is 34.3 Å². The molecule has 1 aromatic carbocycles. The number of carbonyl (C=O) groups excluding carboxylic acids is 1. The summed E-state index contributed by atoms with van der Waals surface area (Å²) in [4.78, 5) is 11.5. The van der Waals surface area contributed by atoms with Gasteiger partial charge >= 0.3 is 6.18 Å². The molecule has 1 atom stereocenters. The molecule has 2 rings (SSSR count). The number of hydrogen-bond donors (Lipinski definition) is 0. The molecule has 1 aliphatic rings. The lowest BCUT2D eigenvalue weighted by molar-refractivity contribution is -0.158. The van der Waals surface area contributed by atoms with E-state index in [4.69, 9.17) is 11.6 Å². The maximum Gasteiger partial charge on any atom is 0.399 e. The zero-order valence-electron chi connectivity index (χ0n) is 7.44. The van der Waals surface area contributed by atoms with E-state index < -0.39 is 17.9 Å². The number of hydrogen-bond acceptors (Lipinski definition) is 1. The predicted octanol–water partition coefficient (Wildman–Crippen LogP) is 3.26. The van der Waals surface area contributed by atoms with E-state index in [1.807, 2.05) is 0 Å². The molecule has 1 aliphatic carbocycles. The van der Waals surface area contributed by atoms with Crippen LogP contribution in [0.4, 0.5) is 13.2 Å². The Morgan fingerprint density at radius 3 is 2.53 bits per heavy atom. The Labute approximate surface area is 88.8 Å². The first kappa shape index (κ1) is 10.5. The monoisotopic (exact) mass is 234 g/mol. The van der Waals surface area contributed by atoms with Gasteiger partial charge in [0.15, 0.2) is 5.78 Å². The summed E-state index contributed by atoms with van der Waals surface area (Å²) in [5.41, 5.74) is 0.413. The molecule has 0 N–H and O–H groups in total. The van der Waals surface area contributed by atoms with Crippen LogP contribution in [-0.4, -0.2) is 12.0 Å². The molecular weight excluding hydrogens is 229 g/mol. The molecule has 0 spiro atoms. The molecule has 0 saturated carbocycles. The average Bonchev–Trinajstić information content (AvgIpc) is 2.44. The highest BCUT2D eigenvalue weighted by molar-refractivity contribution is 6.34. The second-order valence-corrected chi connectivity index (χ2v) is 3.84. The molecule has 5 heteroatoms. The molecule has 0 aromatic heterocycles. The molecule has 1 aromatic rings. The van der Waals surface area contributed by atoms with Crippen LogP contribution in [0.1, 0.15) is 15.9 Å². The number of rotatable bonds is 0. The van der Waals surface area contributed by atoms with Crippen LogP contribution < -0.4 is 0 Å². The topological polar surface area (TPSA) is 17.1 Å². The van der Waals surface area contributed by atoms with Gasteiger partial charge in [-0.05, 0) is 18.1 Å². The Kier molecular flexibility index (Phi) is 2.26. The first-order valence-corrected chi connectivity index (χ1v) is 4.67. The van der Waals surface area contributed by atoms with Crippen molar-refractivity contribution in [2.24, 2.45) is 5.92 Å². The summed E-state index contributed by atoms with van der Waals surface area (Å²) >= 11 is 5.69. The van der Waals surface area contributed by atoms with Gasteiger partial charge in [0.1, 0.15) is 5.92 Å². The second kappa shape index (κ2) is 3.23. The van der Waals surface area contributed by atoms with Crippen molar-refractivity contribution < 1.29 is 18.0 Å². The molecule has 1 nitrogen and oxygen atoms in total. The van der Waals surface area contributed by atoms with Crippen molar-refractivity contribution in [1.29, 1.82) is 0 Å². The number of halogens is 4. The molecule has 0 saturated heterocycles. The lowest BCUT2D eigenvalue weighted by Crippen LogP contribution is -2.28. The van der Waals surface area contributed by atoms with E-state index in [9.17, 15) is 18.0 Å². The molecule has 0 radical (unpaired) electrons. The average molecular weight is 235 g/mol. The van der Waals surface area contributed by atoms with Crippen molar-refractivity contribution in [1.82, 2.24) is 0 Å². The van der Waals surface area contributed by atoms with Crippen molar-refractivity contribution >= 4 is 17.4 Å². The van der Waals surface area contributed by atoms with Gasteiger partial charge in [0, 0.05) is 5.56 Å². The van der Waals surface area contributed by atoms with Crippen LogP contribution >= 0.6 is 11.6 Å². The first-order chi connectivity index (χ1) is 6.91. The van der Waals surface area contributed by atoms with Gasteiger partial charge in [0.05, 0.1) is 5.02 Å². The Morgan fingerprint density at radius 2 is 2.00 bits per heavy atom. The van der Waals surface area contributed by atoms with E-state index in [1.165, 1.54) is 12.1 Å². The van der Waals surface area contributed by atoms with Crippen molar-refractivity contribution in [3.63, 3.8) is 0 Å². The lowest BCUT2D eigenvalue weighted by atomic mass is 10.1. The molecule has 0 amide bonds. The normalized spacial score (nSPS) is 20.5. The summed E-state index contributed by atoms with van der Waals surface area (Å²) < 4.78 is 37.3. The number of Topliss-reactive ketones (excluding diaryl/α,β-unsaturated/α-hetero) is 1. The van der Waals surface area contributed by atoms with Crippen molar-refractivity contribution in [3.8, 4) is 0 Å². The van der Waals surface area contributed by atoms with Gasteiger partial charge in [-0.15, -0.1) is 0 Å². The fraction of sp³-hybridized carbons (Fsp3) is 0.300. The van der Waals surface area contributed by atoms with Crippen LogP contribution in [0.2, 0.25) is 5.02 Å². The Bertz CT molecular complexity index is 425. The molecular formula is C10H6ClF3O. The highest BCUT2D eigenvalue weighted by Gasteiger charge is 2.49. The summed E-state index contributed by atoms with van der Waals surface area (Å²) in [5, 5.41) is 0.101. The molecule has 80 valence electrons. The smallest absolute Gasteiger partial charge is 0.293 e. The highest BCUT2D eigenvalue weighted by atomic mass is 35.5. The minimum Gasteiger partial charge on any atom is -0.293 e. The number of benzene rings is 1. The van der Waals surface area contributed by atoms with E-state index in [-0.39, 0.29) is 17.0 Å². The first-order valence-electron chi connectivity index (χ1n) is 4.29. The molecule has 1 unspecified atom stereocenters. The standard InChI is InChI=1S/C10H6ClF3O/c11-7-3-1-2-5-4-6(10(12,13)14)9(15)8(5)7/h1-3,6H,4H2. The Morgan fingerprint density at radius 1 is 1.33 bits per heavy atom. The summed E-state index contributed by atoms with van der Waals surface area (Å²) in [6.45, 7) is 0. The van der Waals surface area contributed by atoms with Gasteiger partial charge in [-0.2, -0.15) is 13.2 Å². The molecule has 0 fully saturated rings. The SMILES string of the molecule is O=C1c2c(Cl)cccc2CC1C(F)(F)F. The van der Waals surface area contributed by atoms with Gasteiger partial charge in [0.25, 0.3) is 0 Å². The molecule has 0 heterocycles. The van der Waals surface area contributed by atoms with Crippen LogP contribution in [-0.2, 0) is 6.42 Å². The molecule has 0 aliphatic heterocycles. The third kappa shape index (κ3) is 1.63. The van der Waals surface area contributed by atoms with E-state index in [2.05, 4.69) is 0 Å². The van der Waals surface area contributed by atoms with E-state index in [0.29, 0.717) is 5.56 Å². The van der Waals surface area contributed by atoms with Crippen LogP contribution in [0.3, 0.4) is 0 Å². The zero-order valence-corrected chi connectivity index (χ0v) is 8.19. The van der Waals surface area contributed by atoms with E-state index in [0.717, 1.165) is 0 Å². The number of ketones is 1. The van der Waals surface area contributed by atoms with Gasteiger partial charge < -0.3 is 0 Å². The Balaban J connectivity index is 2.47. The van der Waals surface area contributed by atoms with Gasteiger partial charge in [-0.3, -0.25) is 4.79 Å². The van der Waals surface area contributed by atoms with Crippen LogP contribution in [0.25, 0.3) is 0 Å². The van der Waals surface area contributed by atoms with Gasteiger partial charge in [-0.1, -0.05) is 23.7 Å². The zero-order chi connectivity index (χ0) is 11.2. The minimum atomic E-state index is -4.49. The summed E-state index contributed by atoms with van der Waals surface area (Å²) in [6, 6.07) is 4.48. The van der Waals surface area contributed by atoms with Crippen LogP contribution in [0.5, 0.6) is 0 Å². The van der Waals surface area contributed by atoms with Crippen molar-refractivity contribution in [2.75, 3.05) is 0 Å². The molecule has 0 bridgehead atoms. The summed E-state index contributed by atoms with van der Waals surface area (Å²) in [7, 11) is 0. The maximum atomic E-state index is 12.4. The van der Waals surface area contributed by atoms with Crippen LogP contribution in [0, 0.1) is 5.92 Å². The maximum absolute atomic E-state index is 12.4. The number of carbonyl (C=O) groups is 1. The van der Waals surface area contributed by atoms with Gasteiger partial charge in [0.2, 0.25) is 0 Å². The predicted molar refractivity (Wildman–Crippen MR) is 49.0 cm³/mol. The third-order valence-electron chi connectivity index (χ3n) is 2.48. The largest absolute Gasteiger partial charge is 0.399 e. The number of alkyl halides is 3. The lowest BCUT2D eigenvalue weighted by Gasteiger charge is -2.11. The fourth-order valence-electron chi connectivity index (χ4n) is 1.77. The van der Waals surface area contributed by atoms with Gasteiger partial charge in [-0.25, -0.2) is 0 Å². The van der Waals surface area contributed by atoms with E-state index in [1.54, 1.807) is 6.07 Å². The van der Waals surface area contributed by atoms with E-state index >= 15 is 0 Å².